The molecule has 0 N–H and O–H groups in total. The number of halogens is 3. The normalized spacial score (nSPS) is 16.6. The molecule has 1 saturated heterocycles. The molecule has 1 atom stereocenters. The molecule has 0 bridgehead atoms. The van der Waals surface area contributed by atoms with E-state index in [1.54, 1.807) is 41.2 Å². The number of amides is 1. The Morgan fingerprint density at radius 2 is 1.79 bits per heavy atom. The first-order chi connectivity index (χ1) is 23.1. The Kier molecular flexibility index (Phi) is 8.05. The average molecular weight is 648 g/mol. The molecule has 0 saturated carbocycles. The fourth-order valence-electron chi connectivity index (χ4n) is 6.83. The number of hydrogen-bond donors (Lipinski definition) is 0. The maximum Gasteiger partial charge on any atom is 0.416 e. The Bertz CT molecular complexity index is 2070. The van der Waals surface area contributed by atoms with Gasteiger partial charge in [-0.15, -0.1) is 10.2 Å². The van der Waals surface area contributed by atoms with Crippen molar-refractivity contribution in [3.63, 3.8) is 0 Å². The first kappa shape index (κ1) is 31.3. The summed E-state index contributed by atoms with van der Waals surface area (Å²) >= 11 is 0. The number of likely N-dealkylation sites (tertiary alicyclic amines) is 1. The van der Waals surface area contributed by atoms with E-state index in [9.17, 15) is 23.2 Å². The first-order valence-corrected chi connectivity index (χ1v) is 15.8. The quantitative estimate of drug-likeness (QED) is 0.190. The van der Waals surface area contributed by atoms with Crippen LogP contribution in [0, 0.1) is 17.2 Å². The molecule has 8 nitrogen and oxygen atoms in total. The van der Waals surface area contributed by atoms with Crippen molar-refractivity contribution in [1.29, 1.82) is 5.26 Å². The fraction of sp³-hybridized carbons (Fsp3) is 0.270. The molecule has 0 aliphatic carbocycles. The third kappa shape index (κ3) is 5.95. The number of hydrogen-bond acceptors (Lipinski definition) is 6. The Morgan fingerprint density at radius 1 is 0.979 bits per heavy atom. The maximum absolute atomic E-state index is 14.6. The molecule has 2 aromatic heterocycles. The number of fused-ring (bicyclic) bond motifs is 1. The largest absolute Gasteiger partial charge is 0.416 e. The smallest absolute Gasteiger partial charge is 0.317 e. The molecule has 0 unspecified atom stereocenters. The van der Waals surface area contributed by atoms with Gasteiger partial charge in [-0.3, -0.25) is 14.6 Å². The molecule has 242 valence electrons. The van der Waals surface area contributed by atoms with Crippen molar-refractivity contribution in [2.24, 2.45) is 13.0 Å². The van der Waals surface area contributed by atoms with Crippen molar-refractivity contribution in [3.8, 4) is 39.8 Å². The van der Waals surface area contributed by atoms with Gasteiger partial charge in [0.2, 0.25) is 0 Å². The van der Waals surface area contributed by atoms with Gasteiger partial charge in [-0.1, -0.05) is 37.3 Å². The number of alkyl halides is 3. The van der Waals surface area contributed by atoms with Gasteiger partial charge in [-0.05, 0) is 90.0 Å². The van der Waals surface area contributed by atoms with E-state index in [1.165, 1.54) is 11.0 Å². The first-order valence-electron chi connectivity index (χ1n) is 15.8. The summed E-state index contributed by atoms with van der Waals surface area (Å²) < 4.78 is 45.5. The van der Waals surface area contributed by atoms with Crippen LogP contribution in [0.1, 0.15) is 52.4 Å². The highest BCUT2D eigenvalue weighted by Crippen LogP contribution is 2.41. The number of nitriles is 1. The van der Waals surface area contributed by atoms with Crippen molar-refractivity contribution < 1.29 is 18.0 Å². The summed E-state index contributed by atoms with van der Waals surface area (Å²) in [7, 11) is 1.81. The molecule has 11 heteroatoms. The number of rotatable bonds is 6. The molecule has 1 fully saturated rings. The predicted octanol–water partition coefficient (Wildman–Crippen LogP) is 7.49. The van der Waals surface area contributed by atoms with Gasteiger partial charge in [-0.2, -0.15) is 18.4 Å². The number of pyridine rings is 1. The summed E-state index contributed by atoms with van der Waals surface area (Å²) in [5.41, 5.74) is 3.32. The van der Waals surface area contributed by atoms with Crippen molar-refractivity contribution in [2.75, 3.05) is 18.0 Å². The van der Waals surface area contributed by atoms with Gasteiger partial charge < -0.3 is 4.57 Å². The fourth-order valence-corrected chi connectivity index (χ4v) is 6.83. The number of aromatic nitrogens is 4. The van der Waals surface area contributed by atoms with Gasteiger partial charge in [0.1, 0.15) is 12.1 Å². The third-order valence-electron chi connectivity index (χ3n) is 9.12. The van der Waals surface area contributed by atoms with Crippen LogP contribution < -0.4 is 4.90 Å². The van der Waals surface area contributed by atoms with Gasteiger partial charge >= 0.3 is 6.18 Å². The van der Waals surface area contributed by atoms with Crippen LogP contribution >= 0.6 is 0 Å². The molecule has 3 aromatic carbocycles. The van der Waals surface area contributed by atoms with Crippen LogP contribution in [-0.4, -0.2) is 43.6 Å². The van der Waals surface area contributed by atoms with Crippen molar-refractivity contribution in [1.82, 2.24) is 24.6 Å². The summed E-state index contributed by atoms with van der Waals surface area (Å²) in [6.07, 6.45) is -0.978. The monoisotopic (exact) mass is 647 g/mol. The highest BCUT2D eigenvalue weighted by atomic mass is 19.4. The summed E-state index contributed by atoms with van der Waals surface area (Å²) in [4.78, 5) is 22.4. The third-order valence-corrected chi connectivity index (χ3v) is 9.12. The Labute approximate surface area is 276 Å². The molecule has 0 radical (unpaired) electrons. The van der Waals surface area contributed by atoms with E-state index in [0.29, 0.717) is 51.8 Å². The van der Waals surface area contributed by atoms with E-state index in [4.69, 9.17) is 4.98 Å². The van der Waals surface area contributed by atoms with E-state index in [0.717, 1.165) is 31.5 Å². The minimum atomic E-state index is -4.64. The zero-order valence-corrected chi connectivity index (χ0v) is 26.5. The second-order valence-electron chi connectivity index (χ2n) is 12.6. The van der Waals surface area contributed by atoms with E-state index >= 15 is 0 Å². The summed E-state index contributed by atoms with van der Waals surface area (Å²) in [5.74, 6) is 0.697. The highest BCUT2D eigenvalue weighted by Gasteiger charge is 2.41. The van der Waals surface area contributed by atoms with Crippen LogP contribution in [-0.2, 0) is 26.3 Å². The topological polar surface area (TPSA) is 90.9 Å². The number of benzene rings is 3. The molecular formula is C37H32F3N7O. The second-order valence-corrected chi connectivity index (χ2v) is 12.6. The molecule has 5 aromatic rings. The summed E-state index contributed by atoms with van der Waals surface area (Å²) in [6.45, 7) is 3.84. The molecular weight excluding hydrogens is 615 g/mol. The number of anilines is 1. The summed E-state index contributed by atoms with van der Waals surface area (Å²) in [5, 5.41) is 18.1. The number of carbonyl (C=O) groups excluding carboxylic acids is 1. The van der Waals surface area contributed by atoms with Crippen LogP contribution in [0.15, 0.2) is 79.1 Å². The Hall–Kier alpha value is -5.34. The van der Waals surface area contributed by atoms with Gasteiger partial charge in [0.25, 0.3) is 5.91 Å². The standard InChI is InChI=1S/C37H32F3N7O/c1-23-7-6-12-46(19-23)20-25-14-30-31(32(15-25)37(38,39)40)21-47(36(30)48)34-17-27(16-33(43-34)26-8-4-3-5-9-26)29-13-24(18-41)10-11-28(29)35-44-42-22-45(35)2/h3-5,8-11,13-17,22-23H,6-7,12,19-21H2,1-2H3/t23-/m0/s1. The minimum absolute atomic E-state index is 0.0459. The highest BCUT2D eigenvalue weighted by molar-refractivity contribution is 6.10. The Balaban J connectivity index is 1.36. The van der Waals surface area contributed by atoms with Crippen LogP contribution in [0.2, 0.25) is 0 Å². The lowest BCUT2D eigenvalue weighted by atomic mass is 9.95. The summed E-state index contributed by atoms with van der Waals surface area (Å²) in [6, 6.07) is 23.1. The SMILES string of the molecule is C[C@H]1CCCN(Cc2cc3c(c(C(F)(F)F)c2)CN(c2cc(-c4cc(C#N)ccc4-c4nncn4C)cc(-c4ccccc4)n2)C3=O)C1. The molecule has 4 heterocycles. The van der Waals surface area contributed by atoms with Gasteiger partial charge in [0, 0.05) is 36.8 Å². The van der Waals surface area contributed by atoms with Crippen molar-refractivity contribution in [3.05, 3.63) is 107 Å². The van der Waals surface area contributed by atoms with Gasteiger partial charge in [-0.25, -0.2) is 4.98 Å². The number of nitrogens with zero attached hydrogens (tertiary/aromatic N) is 7. The Morgan fingerprint density at radius 3 is 2.50 bits per heavy atom. The van der Waals surface area contributed by atoms with E-state index in [-0.39, 0.29) is 23.5 Å². The van der Waals surface area contributed by atoms with E-state index in [2.05, 4.69) is 28.1 Å². The average Bonchev–Trinajstić information content (AvgIpc) is 3.66. The van der Waals surface area contributed by atoms with E-state index in [1.807, 2.05) is 43.4 Å². The van der Waals surface area contributed by atoms with E-state index < -0.39 is 17.6 Å². The van der Waals surface area contributed by atoms with Crippen molar-refractivity contribution in [2.45, 2.75) is 39.0 Å². The second kappa shape index (κ2) is 12.4. The van der Waals surface area contributed by atoms with Crippen LogP contribution in [0.5, 0.6) is 0 Å². The van der Waals surface area contributed by atoms with Gasteiger partial charge in [0.05, 0.1) is 29.4 Å². The lowest BCUT2D eigenvalue weighted by Crippen LogP contribution is -2.33. The molecule has 1 amide bonds. The maximum atomic E-state index is 14.6. The predicted molar refractivity (Wildman–Crippen MR) is 175 cm³/mol. The van der Waals surface area contributed by atoms with Gasteiger partial charge in [0.15, 0.2) is 5.82 Å². The number of carbonyl (C=O) groups is 1. The number of aryl methyl sites for hydroxylation is 1. The zero-order chi connectivity index (χ0) is 33.6. The lowest BCUT2D eigenvalue weighted by molar-refractivity contribution is -0.138. The minimum Gasteiger partial charge on any atom is -0.317 e. The molecule has 0 spiro atoms. The molecule has 2 aliphatic rings. The molecule has 2 aliphatic heterocycles. The lowest BCUT2D eigenvalue weighted by Gasteiger charge is -2.31. The van der Waals surface area contributed by atoms with Crippen LogP contribution in [0.25, 0.3) is 33.8 Å². The number of piperidine rings is 1. The van der Waals surface area contributed by atoms with Crippen LogP contribution in [0.3, 0.4) is 0 Å². The van der Waals surface area contributed by atoms with Crippen molar-refractivity contribution >= 4 is 11.7 Å². The van der Waals surface area contributed by atoms with Crippen LogP contribution in [0.4, 0.5) is 19.0 Å². The zero-order valence-electron chi connectivity index (χ0n) is 26.5. The molecule has 7 rings (SSSR count). The molecule has 48 heavy (non-hydrogen) atoms.